The molecule has 3 rings (SSSR count). The molecule has 5 nitrogen and oxygen atoms in total. The zero-order valence-electron chi connectivity index (χ0n) is 9.92. The second-order valence-electron chi connectivity index (χ2n) is 3.97. The van der Waals surface area contributed by atoms with Gasteiger partial charge in [-0.2, -0.15) is 5.10 Å². The van der Waals surface area contributed by atoms with Crippen LogP contribution in [0.5, 0.6) is 11.5 Å². The Morgan fingerprint density at radius 3 is 3.00 bits per heavy atom. The van der Waals surface area contributed by atoms with Gasteiger partial charge in [0.05, 0.1) is 5.56 Å². The molecule has 0 saturated carbocycles. The Bertz CT molecular complexity index is 604. The average Bonchev–Trinajstić information content (AvgIpc) is 3.03. The summed E-state index contributed by atoms with van der Waals surface area (Å²) >= 11 is 0. The van der Waals surface area contributed by atoms with E-state index in [1.54, 1.807) is 10.9 Å². The number of aromatic nitrogens is 2. The molecule has 0 N–H and O–H groups in total. The zero-order valence-corrected chi connectivity index (χ0v) is 9.92. The summed E-state index contributed by atoms with van der Waals surface area (Å²) < 4.78 is 12.3. The highest BCUT2D eigenvalue weighted by Crippen LogP contribution is 2.36. The van der Waals surface area contributed by atoms with E-state index in [0.717, 1.165) is 24.1 Å². The lowest BCUT2D eigenvalue weighted by Gasteiger charge is -2.00. The van der Waals surface area contributed by atoms with Crippen LogP contribution in [0.2, 0.25) is 0 Å². The largest absolute Gasteiger partial charge is 0.454 e. The van der Waals surface area contributed by atoms with Gasteiger partial charge in [-0.15, -0.1) is 0 Å². The summed E-state index contributed by atoms with van der Waals surface area (Å²) in [5.41, 5.74) is 2.11. The summed E-state index contributed by atoms with van der Waals surface area (Å²) in [6.45, 7) is 2.94. The van der Waals surface area contributed by atoms with Crippen molar-refractivity contribution in [2.24, 2.45) is 0 Å². The summed E-state index contributed by atoms with van der Waals surface area (Å²) in [6.07, 6.45) is 2.56. The number of fused-ring (bicyclic) bond motifs is 1. The highest BCUT2D eigenvalue weighted by Gasteiger charge is 2.17. The molecule has 2 aromatic rings. The maximum atomic E-state index is 11.1. The fourth-order valence-electron chi connectivity index (χ4n) is 1.95. The number of carbonyl (C=O) groups excluding carboxylic acids is 1. The molecule has 0 bridgehead atoms. The molecule has 0 amide bonds. The molecule has 0 atom stereocenters. The highest BCUT2D eigenvalue weighted by atomic mass is 16.7. The van der Waals surface area contributed by atoms with E-state index in [-0.39, 0.29) is 6.79 Å². The Labute approximate surface area is 104 Å². The average molecular weight is 244 g/mol. The number of hydrogen-bond acceptors (Lipinski definition) is 4. The third-order valence-electron chi connectivity index (χ3n) is 2.89. The van der Waals surface area contributed by atoms with Gasteiger partial charge in [0.2, 0.25) is 6.79 Å². The van der Waals surface area contributed by atoms with Crippen molar-refractivity contribution in [3.05, 3.63) is 30.0 Å². The third-order valence-corrected chi connectivity index (χ3v) is 2.89. The molecule has 1 aliphatic heterocycles. The Morgan fingerprint density at radius 1 is 1.39 bits per heavy atom. The summed E-state index contributed by atoms with van der Waals surface area (Å²) in [7, 11) is 0. The van der Waals surface area contributed by atoms with Crippen molar-refractivity contribution in [1.82, 2.24) is 9.78 Å². The number of carbonyl (C=O) groups is 1. The van der Waals surface area contributed by atoms with Crippen molar-refractivity contribution >= 4 is 6.29 Å². The number of aryl methyl sites for hydroxylation is 1. The van der Waals surface area contributed by atoms with E-state index in [1.807, 2.05) is 25.1 Å². The van der Waals surface area contributed by atoms with Crippen LogP contribution < -0.4 is 9.47 Å². The van der Waals surface area contributed by atoms with E-state index in [4.69, 9.17) is 9.47 Å². The van der Waals surface area contributed by atoms with Crippen molar-refractivity contribution in [3.8, 4) is 22.8 Å². The molecule has 1 aromatic carbocycles. The Balaban J connectivity index is 2.09. The number of nitrogens with zero attached hydrogens (tertiary/aromatic N) is 2. The van der Waals surface area contributed by atoms with Crippen molar-refractivity contribution in [1.29, 1.82) is 0 Å². The number of aldehydes is 1. The van der Waals surface area contributed by atoms with E-state index in [9.17, 15) is 4.79 Å². The minimum absolute atomic E-state index is 0.239. The summed E-state index contributed by atoms with van der Waals surface area (Å²) in [6, 6.07) is 5.55. The van der Waals surface area contributed by atoms with Crippen molar-refractivity contribution < 1.29 is 14.3 Å². The first-order chi connectivity index (χ1) is 8.81. The van der Waals surface area contributed by atoms with Crippen LogP contribution in [-0.4, -0.2) is 22.9 Å². The standard InChI is InChI=1S/C13H12N2O3/c1-2-15-6-10(7-16)13(14-15)9-3-4-11-12(5-9)18-8-17-11/h3-7H,2,8H2,1H3. The van der Waals surface area contributed by atoms with Crippen molar-refractivity contribution in [3.63, 3.8) is 0 Å². The van der Waals surface area contributed by atoms with Gasteiger partial charge >= 0.3 is 0 Å². The molecule has 0 radical (unpaired) electrons. The number of hydrogen-bond donors (Lipinski definition) is 0. The van der Waals surface area contributed by atoms with Crippen LogP contribution in [0.4, 0.5) is 0 Å². The molecule has 0 spiro atoms. The number of benzene rings is 1. The molecule has 0 aliphatic carbocycles. The van der Waals surface area contributed by atoms with E-state index in [2.05, 4.69) is 5.10 Å². The quantitative estimate of drug-likeness (QED) is 0.776. The van der Waals surface area contributed by atoms with Gasteiger partial charge in [-0.05, 0) is 25.1 Å². The fourth-order valence-corrected chi connectivity index (χ4v) is 1.95. The molecule has 1 aromatic heterocycles. The molecule has 0 unspecified atom stereocenters. The maximum Gasteiger partial charge on any atom is 0.231 e. The predicted molar refractivity (Wildman–Crippen MR) is 64.8 cm³/mol. The smallest absolute Gasteiger partial charge is 0.231 e. The van der Waals surface area contributed by atoms with Crippen LogP contribution >= 0.6 is 0 Å². The highest BCUT2D eigenvalue weighted by molar-refractivity contribution is 5.85. The van der Waals surface area contributed by atoms with Crippen LogP contribution in [0.15, 0.2) is 24.4 Å². The molecule has 18 heavy (non-hydrogen) atoms. The van der Waals surface area contributed by atoms with Gasteiger partial charge in [-0.25, -0.2) is 0 Å². The first-order valence-electron chi connectivity index (χ1n) is 5.74. The van der Waals surface area contributed by atoms with Gasteiger partial charge in [0, 0.05) is 18.3 Å². The number of ether oxygens (including phenoxy) is 2. The minimum Gasteiger partial charge on any atom is -0.454 e. The fraction of sp³-hybridized carbons (Fsp3) is 0.231. The van der Waals surface area contributed by atoms with Crippen LogP contribution in [0.25, 0.3) is 11.3 Å². The van der Waals surface area contributed by atoms with Crippen LogP contribution in [0.1, 0.15) is 17.3 Å². The normalized spacial score (nSPS) is 12.7. The van der Waals surface area contributed by atoms with Crippen LogP contribution in [0.3, 0.4) is 0 Å². The molecular formula is C13H12N2O3. The van der Waals surface area contributed by atoms with Crippen LogP contribution in [-0.2, 0) is 6.54 Å². The number of rotatable bonds is 3. The summed E-state index contributed by atoms with van der Waals surface area (Å²) in [5, 5.41) is 4.38. The van der Waals surface area contributed by atoms with E-state index in [1.165, 1.54) is 0 Å². The topological polar surface area (TPSA) is 53.4 Å². The minimum atomic E-state index is 0.239. The third kappa shape index (κ3) is 1.64. The molecule has 0 saturated heterocycles. The second-order valence-corrected chi connectivity index (χ2v) is 3.97. The molecule has 1 aliphatic rings. The lowest BCUT2D eigenvalue weighted by Crippen LogP contribution is -1.94. The van der Waals surface area contributed by atoms with Crippen molar-refractivity contribution in [2.75, 3.05) is 6.79 Å². The van der Waals surface area contributed by atoms with E-state index >= 15 is 0 Å². The summed E-state index contributed by atoms with van der Waals surface area (Å²) in [5.74, 6) is 1.41. The molecule has 5 heteroatoms. The van der Waals surface area contributed by atoms with E-state index < -0.39 is 0 Å². The van der Waals surface area contributed by atoms with Crippen LogP contribution in [0, 0.1) is 0 Å². The Morgan fingerprint density at radius 2 is 2.22 bits per heavy atom. The molecular weight excluding hydrogens is 232 g/mol. The molecule has 0 fully saturated rings. The van der Waals surface area contributed by atoms with E-state index in [0.29, 0.717) is 17.0 Å². The van der Waals surface area contributed by atoms with Gasteiger partial charge in [-0.1, -0.05) is 0 Å². The molecule has 92 valence electrons. The van der Waals surface area contributed by atoms with Gasteiger partial charge < -0.3 is 9.47 Å². The van der Waals surface area contributed by atoms with Gasteiger partial charge in [0.25, 0.3) is 0 Å². The van der Waals surface area contributed by atoms with Gasteiger partial charge in [0.1, 0.15) is 5.69 Å². The van der Waals surface area contributed by atoms with Gasteiger partial charge in [-0.3, -0.25) is 9.48 Å². The monoisotopic (exact) mass is 244 g/mol. The molecule has 2 heterocycles. The Hall–Kier alpha value is -2.30. The first kappa shape index (κ1) is 10.8. The summed E-state index contributed by atoms with van der Waals surface area (Å²) in [4.78, 5) is 11.1. The predicted octanol–water partition coefficient (Wildman–Crippen LogP) is 2.11. The zero-order chi connectivity index (χ0) is 12.5. The van der Waals surface area contributed by atoms with Gasteiger partial charge in [0.15, 0.2) is 17.8 Å². The second kappa shape index (κ2) is 4.18. The van der Waals surface area contributed by atoms with Crippen molar-refractivity contribution in [2.45, 2.75) is 13.5 Å². The maximum absolute atomic E-state index is 11.1. The lowest BCUT2D eigenvalue weighted by atomic mass is 10.1. The SMILES string of the molecule is CCn1cc(C=O)c(-c2ccc3c(c2)OCO3)n1. The first-order valence-corrected chi connectivity index (χ1v) is 5.74. The lowest BCUT2D eigenvalue weighted by molar-refractivity contribution is 0.112. The Kier molecular flexibility index (Phi) is 2.51.